The molecular weight excluding hydrogens is 186 g/mol. The minimum atomic E-state index is -1.21. The van der Waals surface area contributed by atoms with Crippen molar-refractivity contribution in [3.05, 3.63) is 35.4 Å². The van der Waals surface area contributed by atoms with Crippen molar-refractivity contribution in [3.8, 4) is 0 Å². The van der Waals surface area contributed by atoms with Gasteiger partial charge in [-0.05, 0) is 30.5 Å². The fraction of sp³-hybridized carbons (Fsp3) is 0.455. The van der Waals surface area contributed by atoms with E-state index in [0.29, 0.717) is 0 Å². The van der Waals surface area contributed by atoms with E-state index >= 15 is 0 Å². The summed E-state index contributed by atoms with van der Waals surface area (Å²) in [6.45, 7) is 5.14. The van der Waals surface area contributed by atoms with Gasteiger partial charge in [0.15, 0.2) is 0 Å². The summed E-state index contributed by atoms with van der Waals surface area (Å²) >= 11 is 0. The maximum atomic E-state index is 12.9. The second kappa shape index (κ2) is 3.65. The summed E-state index contributed by atoms with van der Waals surface area (Å²) in [7, 11) is 0. The van der Waals surface area contributed by atoms with Gasteiger partial charge in [0.1, 0.15) is 11.6 Å². The largest absolute Gasteiger partial charge is 0.385 e. The minimum absolute atomic E-state index is 0.108. The van der Waals surface area contributed by atoms with Gasteiger partial charge in [-0.3, -0.25) is 0 Å². The first-order chi connectivity index (χ1) is 6.34. The molecule has 1 nitrogen and oxygen atoms in total. The quantitative estimate of drug-likeness (QED) is 0.778. The highest BCUT2D eigenvalue weighted by molar-refractivity contribution is 5.24. The van der Waals surface area contributed by atoms with Crippen LogP contribution in [0.3, 0.4) is 0 Å². The number of benzene rings is 1. The Hall–Kier alpha value is -0.960. The lowest BCUT2D eigenvalue weighted by molar-refractivity contribution is 0.00849. The molecule has 0 amide bonds. The molecule has 14 heavy (non-hydrogen) atoms. The third kappa shape index (κ3) is 2.10. The zero-order valence-electron chi connectivity index (χ0n) is 8.51. The van der Waals surface area contributed by atoms with Crippen LogP contribution in [-0.2, 0) is 5.60 Å². The van der Waals surface area contributed by atoms with Crippen molar-refractivity contribution in [3.63, 3.8) is 0 Å². The first-order valence-corrected chi connectivity index (χ1v) is 4.53. The van der Waals surface area contributed by atoms with E-state index in [-0.39, 0.29) is 11.5 Å². The molecule has 0 aromatic heterocycles. The summed E-state index contributed by atoms with van der Waals surface area (Å²) in [4.78, 5) is 0. The van der Waals surface area contributed by atoms with Crippen LogP contribution in [-0.4, -0.2) is 5.11 Å². The number of rotatable bonds is 2. The SMILES string of the molecule is CC(C)[C@](C)(O)c1cc(F)cc(F)c1. The molecule has 0 aliphatic rings. The van der Waals surface area contributed by atoms with Crippen LogP contribution in [0.4, 0.5) is 8.78 Å². The second-order valence-electron chi connectivity index (χ2n) is 3.96. The average molecular weight is 200 g/mol. The fourth-order valence-electron chi connectivity index (χ4n) is 1.18. The van der Waals surface area contributed by atoms with Crippen molar-refractivity contribution in [2.75, 3.05) is 0 Å². The van der Waals surface area contributed by atoms with Crippen LogP contribution in [0.1, 0.15) is 26.3 Å². The van der Waals surface area contributed by atoms with Crippen LogP contribution in [0, 0.1) is 17.6 Å². The first kappa shape index (κ1) is 11.1. The van der Waals surface area contributed by atoms with Gasteiger partial charge in [-0.1, -0.05) is 13.8 Å². The molecule has 0 saturated heterocycles. The van der Waals surface area contributed by atoms with Crippen molar-refractivity contribution in [1.29, 1.82) is 0 Å². The Balaban J connectivity index is 3.18. The van der Waals surface area contributed by atoms with Crippen LogP contribution in [0.2, 0.25) is 0 Å². The highest BCUT2D eigenvalue weighted by atomic mass is 19.1. The Labute approximate surface area is 82.4 Å². The van der Waals surface area contributed by atoms with Gasteiger partial charge in [0.2, 0.25) is 0 Å². The van der Waals surface area contributed by atoms with Crippen LogP contribution in [0.5, 0.6) is 0 Å². The van der Waals surface area contributed by atoms with Gasteiger partial charge >= 0.3 is 0 Å². The summed E-state index contributed by atoms with van der Waals surface area (Å²) in [5.41, 5.74) is -0.937. The Bertz CT molecular complexity index is 312. The lowest BCUT2D eigenvalue weighted by Crippen LogP contribution is -2.28. The highest BCUT2D eigenvalue weighted by Crippen LogP contribution is 2.29. The van der Waals surface area contributed by atoms with Crippen molar-refractivity contribution in [2.24, 2.45) is 5.92 Å². The predicted octanol–water partition coefficient (Wildman–Crippen LogP) is 2.83. The van der Waals surface area contributed by atoms with E-state index in [0.717, 1.165) is 18.2 Å². The third-order valence-electron chi connectivity index (χ3n) is 2.57. The molecule has 0 aliphatic carbocycles. The molecular formula is C11H14F2O. The van der Waals surface area contributed by atoms with Crippen molar-refractivity contribution < 1.29 is 13.9 Å². The molecule has 0 aliphatic heterocycles. The van der Waals surface area contributed by atoms with Crippen molar-refractivity contribution >= 4 is 0 Å². The Morgan fingerprint density at radius 1 is 1.14 bits per heavy atom. The zero-order valence-corrected chi connectivity index (χ0v) is 8.51. The Morgan fingerprint density at radius 2 is 1.57 bits per heavy atom. The molecule has 1 atom stereocenters. The van der Waals surface area contributed by atoms with Crippen LogP contribution in [0.15, 0.2) is 18.2 Å². The molecule has 0 spiro atoms. The number of aliphatic hydroxyl groups is 1. The average Bonchev–Trinajstić information content (AvgIpc) is 2.01. The molecule has 0 heterocycles. The van der Waals surface area contributed by atoms with Gasteiger partial charge in [-0.15, -0.1) is 0 Å². The number of hydrogen-bond acceptors (Lipinski definition) is 1. The van der Waals surface area contributed by atoms with E-state index in [4.69, 9.17) is 0 Å². The summed E-state index contributed by atoms with van der Waals surface area (Å²) in [5, 5.41) is 9.98. The van der Waals surface area contributed by atoms with E-state index in [2.05, 4.69) is 0 Å². The topological polar surface area (TPSA) is 20.2 Å². The summed E-state index contributed by atoms with van der Waals surface area (Å²) in [6, 6.07) is 3.10. The first-order valence-electron chi connectivity index (χ1n) is 4.53. The lowest BCUT2D eigenvalue weighted by Gasteiger charge is -2.28. The van der Waals surface area contributed by atoms with Gasteiger partial charge < -0.3 is 5.11 Å². The van der Waals surface area contributed by atoms with Gasteiger partial charge in [0.25, 0.3) is 0 Å². The van der Waals surface area contributed by atoms with E-state index in [1.807, 2.05) is 0 Å². The molecule has 1 rings (SSSR count). The van der Waals surface area contributed by atoms with Crippen molar-refractivity contribution in [1.82, 2.24) is 0 Å². The fourth-order valence-corrected chi connectivity index (χ4v) is 1.18. The lowest BCUT2D eigenvalue weighted by atomic mass is 9.85. The maximum Gasteiger partial charge on any atom is 0.126 e. The molecule has 1 N–H and O–H groups in total. The van der Waals surface area contributed by atoms with E-state index in [1.165, 1.54) is 0 Å². The van der Waals surface area contributed by atoms with Crippen LogP contribution in [0.25, 0.3) is 0 Å². The molecule has 1 aromatic carbocycles. The van der Waals surface area contributed by atoms with Gasteiger partial charge in [-0.2, -0.15) is 0 Å². The van der Waals surface area contributed by atoms with E-state index in [1.54, 1.807) is 20.8 Å². The molecule has 0 unspecified atom stereocenters. The molecule has 3 heteroatoms. The van der Waals surface area contributed by atoms with E-state index < -0.39 is 17.2 Å². The Kier molecular flexibility index (Phi) is 2.90. The predicted molar refractivity (Wildman–Crippen MR) is 50.8 cm³/mol. The summed E-state index contributed by atoms with van der Waals surface area (Å²) < 4.78 is 25.7. The zero-order chi connectivity index (χ0) is 10.9. The smallest absolute Gasteiger partial charge is 0.126 e. The summed E-state index contributed by atoms with van der Waals surface area (Å²) in [5.74, 6) is -1.44. The summed E-state index contributed by atoms with van der Waals surface area (Å²) in [6.07, 6.45) is 0. The maximum absolute atomic E-state index is 12.9. The van der Waals surface area contributed by atoms with E-state index in [9.17, 15) is 13.9 Å². The molecule has 0 saturated carbocycles. The minimum Gasteiger partial charge on any atom is -0.385 e. The normalized spacial score (nSPS) is 15.6. The van der Waals surface area contributed by atoms with Gasteiger partial charge in [0, 0.05) is 6.07 Å². The third-order valence-corrected chi connectivity index (χ3v) is 2.57. The van der Waals surface area contributed by atoms with Crippen molar-refractivity contribution in [2.45, 2.75) is 26.4 Å². The van der Waals surface area contributed by atoms with Gasteiger partial charge in [-0.25, -0.2) is 8.78 Å². The van der Waals surface area contributed by atoms with Gasteiger partial charge in [0.05, 0.1) is 5.60 Å². The number of hydrogen-bond donors (Lipinski definition) is 1. The number of halogens is 2. The van der Waals surface area contributed by atoms with Crippen LogP contribution < -0.4 is 0 Å². The highest BCUT2D eigenvalue weighted by Gasteiger charge is 2.28. The monoisotopic (exact) mass is 200 g/mol. The molecule has 1 aromatic rings. The molecule has 0 fully saturated rings. The molecule has 0 radical (unpaired) electrons. The molecule has 78 valence electrons. The van der Waals surface area contributed by atoms with Crippen LogP contribution >= 0.6 is 0 Å². The molecule has 0 bridgehead atoms. The Morgan fingerprint density at radius 3 is 1.93 bits per heavy atom. The standard InChI is InChI=1S/C11H14F2O/c1-7(2)11(3,14)8-4-9(12)6-10(13)5-8/h4-7,14H,1-3H3/t11-/m0/s1. The second-order valence-corrected chi connectivity index (χ2v) is 3.96.